The Balaban J connectivity index is 1.56. The summed E-state index contributed by atoms with van der Waals surface area (Å²) in [7, 11) is 0. The zero-order chi connectivity index (χ0) is 22.6. The third kappa shape index (κ3) is 3.15. The van der Waals surface area contributed by atoms with E-state index < -0.39 is 5.79 Å². The molecule has 0 bridgehead atoms. The molecule has 1 aromatic heterocycles. The lowest BCUT2D eigenvalue weighted by Gasteiger charge is -2.22. The van der Waals surface area contributed by atoms with Crippen molar-refractivity contribution in [2.75, 3.05) is 18.1 Å². The largest absolute Gasteiger partial charge is 0.336 e. The summed E-state index contributed by atoms with van der Waals surface area (Å²) in [5.74, 6) is -1.66. The molecule has 0 radical (unpaired) electrons. The molecule has 7 heteroatoms. The van der Waals surface area contributed by atoms with E-state index >= 15 is 0 Å². The number of hydrogen-bond donors (Lipinski definition) is 0. The second kappa shape index (κ2) is 7.66. The van der Waals surface area contributed by atoms with Crippen LogP contribution < -0.4 is 4.90 Å². The topological polar surface area (TPSA) is 56.6 Å². The van der Waals surface area contributed by atoms with Crippen LogP contribution in [0.2, 0.25) is 0 Å². The van der Waals surface area contributed by atoms with E-state index in [4.69, 9.17) is 14.6 Å². The van der Waals surface area contributed by atoms with Crippen molar-refractivity contribution in [1.82, 2.24) is 9.78 Å². The molecule has 164 valence electrons. The van der Waals surface area contributed by atoms with Gasteiger partial charge < -0.3 is 9.47 Å². The average molecular weight is 502 g/mol. The first-order valence-corrected chi connectivity index (χ1v) is 11.5. The third-order valence-electron chi connectivity index (χ3n) is 6.03. The van der Waals surface area contributed by atoms with Gasteiger partial charge in [0.25, 0.3) is 11.7 Å². The number of aryl methyl sites for hydroxylation is 1. The smallest absolute Gasteiger partial charge is 0.297 e. The Morgan fingerprint density at radius 2 is 1.61 bits per heavy atom. The number of aromatic nitrogens is 2. The Kier molecular flexibility index (Phi) is 4.72. The highest BCUT2D eigenvalue weighted by atomic mass is 79.9. The van der Waals surface area contributed by atoms with Gasteiger partial charge in [0, 0.05) is 15.6 Å². The van der Waals surface area contributed by atoms with Gasteiger partial charge in [0.1, 0.15) is 5.69 Å². The molecule has 3 heterocycles. The lowest BCUT2D eigenvalue weighted by molar-refractivity contribution is -0.180. The highest BCUT2D eigenvalue weighted by molar-refractivity contribution is 9.10. The number of para-hydroxylation sites is 1. The van der Waals surface area contributed by atoms with Crippen molar-refractivity contribution >= 4 is 33.2 Å². The fourth-order valence-corrected chi connectivity index (χ4v) is 4.69. The maximum absolute atomic E-state index is 13.8. The number of amides is 1. The molecule has 2 aliphatic heterocycles. The summed E-state index contributed by atoms with van der Waals surface area (Å²) in [6, 6.07) is 23.6. The minimum absolute atomic E-state index is 0.261. The fourth-order valence-electron chi connectivity index (χ4n) is 4.42. The number of anilines is 2. The van der Waals surface area contributed by atoms with Gasteiger partial charge in [-0.3, -0.25) is 9.69 Å². The molecule has 1 spiro atoms. The second-order valence-electron chi connectivity index (χ2n) is 8.12. The minimum atomic E-state index is -1.40. The Morgan fingerprint density at radius 3 is 2.33 bits per heavy atom. The Hall–Kier alpha value is -3.26. The molecule has 6 nitrogen and oxygen atoms in total. The number of rotatable bonds is 3. The van der Waals surface area contributed by atoms with Gasteiger partial charge in [0.15, 0.2) is 0 Å². The molecule has 0 N–H and O–H groups in total. The summed E-state index contributed by atoms with van der Waals surface area (Å²) in [5, 5.41) is 4.90. The van der Waals surface area contributed by atoms with Gasteiger partial charge in [0.05, 0.1) is 36.5 Å². The molecule has 0 unspecified atom stereocenters. The van der Waals surface area contributed by atoms with Crippen LogP contribution in [0.25, 0.3) is 16.9 Å². The van der Waals surface area contributed by atoms with Crippen LogP contribution in [-0.4, -0.2) is 28.9 Å². The fraction of sp³-hybridized carbons (Fsp3) is 0.154. The lowest BCUT2D eigenvalue weighted by atomic mass is 10.1. The molecule has 3 aromatic carbocycles. The minimum Gasteiger partial charge on any atom is -0.336 e. The number of fused-ring (bicyclic) bond motifs is 2. The van der Waals surface area contributed by atoms with Crippen LogP contribution in [0.5, 0.6) is 0 Å². The van der Waals surface area contributed by atoms with Crippen molar-refractivity contribution in [2.45, 2.75) is 12.7 Å². The quantitative estimate of drug-likeness (QED) is 0.372. The van der Waals surface area contributed by atoms with Crippen molar-refractivity contribution in [3.63, 3.8) is 0 Å². The zero-order valence-corrected chi connectivity index (χ0v) is 19.5. The number of carbonyl (C=O) groups is 1. The summed E-state index contributed by atoms with van der Waals surface area (Å²) in [4.78, 5) is 15.5. The van der Waals surface area contributed by atoms with Gasteiger partial charge >= 0.3 is 0 Å². The number of nitrogens with zero attached hydrogens (tertiary/aromatic N) is 3. The SMILES string of the molecule is Cc1ccc(-n2cc(N3C(=O)C4(OCCO4)c4ccccc43)c(-c3ccc(Br)cc3)n2)cc1. The normalized spacial score (nSPS) is 16.5. The number of benzene rings is 3. The molecular weight excluding hydrogens is 482 g/mol. The molecule has 6 rings (SSSR count). The summed E-state index contributed by atoms with van der Waals surface area (Å²) in [6.07, 6.45) is 1.89. The van der Waals surface area contributed by atoms with E-state index in [-0.39, 0.29) is 5.91 Å². The standard InChI is InChI=1S/C26H20BrN3O3/c1-17-6-12-20(13-7-17)29-16-23(24(28-29)18-8-10-19(27)11-9-18)30-22-5-3-2-4-21(22)26(25(30)31)32-14-15-33-26/h2-13,16H,14-15H2,1H3. The summed E-state index contributed by atoms with van der Waals surface area (Å²) < 4.78 is 14.6. The van der Waals surface area contributed by atoms with Crippen molar-refractivity contribution in [1.29, 1.82) is 0 Å². The van der Waals surface area contributed by atoms with Crippen LogP contribution in [0, 0.1) is 6.92 Å². The van der Waals surface area contributed by atoms with Crippen LogP contribution in [-0.2, 0) is 20.1 Å². The van der Waals surface area contributed by atoms with Crippen molar-refractivity contribution in [2.24, 2.45) is 0 Å². The van der Waals surface area contributed by atoms with E-state index in [1.165, 1.54) is 5.56 Å². The molecule has 1 amide bonds. The monoisotopic (exact) mass is 501 g/mol. The molecular formula is C26H20BrN3O3. The van der Waals surface area contributed by atoms with Gasteiger partial charge in [-0.05, 0) is 37.3 Å². The van der Waals surface area contributed by atoms with Crippen LogP contribution in [0.4, 0.5) is 11.4 Å². The van der Waals surface area contributed by atoms with Crippen LogP contribution in [0.3, 0.4) is 0 Å². The average Bonchev–Trinajstić information content (AvgIpc) is 3.54. The highest BCUT2D eigenvalue weighted by Gasteiger charge is 2.57. The molecule has 33 heavy (non-hydrogen) atoms. The van der Waals surface area contributed by atoms with Crippen LogP contribution in [0.1, 0.15) is 11.1 Å². The number of halogens is 1. The first-order valence-electron chi connectivity index (χ1n) is 10.7. The Morgan fingerprint density at radius 1 is 0.909 bits per heavy atom. The summed E-state index contributed by atoms with van der Waals surface area (Å²) in [5.41, 5.74) is 5.81. The van der Waals surface area contributed by atoms with Crippen molar-refractivity contribution < 1.29 is 14.3 Å². The maximum Gasteiger partial charge on any atom is 0.297 e. The second-order valence-corrected chi connectivity index (χ2v) is 9.04. The van der Waals surface area contributed by atoms with Crippen LogP contribution in [0.15, 0.2) is 83.5 Å². The van der Waals surface area contributed by atoms with E-state index in [9.17, 15) is 4.79 Å². The van der Waals surface area contributed by atoms with E-state index in [1.807, 2.05) is 90.6 Å². The third-order valence-corrected chi connectivity index (χ3v) is 6.56. The van der Waals surface area contributed by atoms with Crippen molar-refractivity contribution in [3.8, 4) is 16.9 Å². The van der Waals surface area contributed by atoms with Gasteiger partial charge in [-0.2, -0.15) is 5.10 Å². The zero-order valence-electron chi connectivity index (χ0n) is 17.9. The Bertz CT molecular complexity index is 1360. The molecule has 4 aromatic rings. The molecule has 1 fully saturated rings. The van der Waals surface area contributed by atoms with Gasteiger partial charge in [-0.15, -0.1) is 0 Å². The first-order chi connectivity index (χ1) is 16.1. The predicted molar refractivity (Wildman–Crippen MR) is 129 cm³/mol. The highest BCUT2D eigenvalue weighted by Crippen LogP contribution is 2.50. The molecule has 2 aliphatic rings. The number of hydrogen-bond acceptors (Lipinski definition) is 4. The number of ether oxygens (including phenoxy) is 2. The van der Waals surface area contributed by atoms with Gasteiger partial charge in [0.2, 0.25) is 0 Å². The Labute approximate surface area is 199 Å². The first kappa shape index (κ1) is 20.4. The van der Waals surface area contributed by atoms with E-state index in [0.29, 0.717) is 24.6 Å². The summed E-state index contributed by atoms with van der Waals surface area (Å²) >= 11 is 3.50. The summed E-state index contributed by atoms with van der Waals surface area (Å²) in [6.45, 7) is 2.79. The molecule has 0 atom stereocenters. The number of carbonyl (C=O) groups excluding carboxylic acids is 1. The van der Waals surface area contributed by atoms with E-state index in [0.717, 1.165) is 27.0 Å². The lowest BCUT2D eigenvalue weighted by Crippen LogP contribution is -2.39. The van der Waals surface area contributed by atoms with Crippen molar-refractivity contribution in [3.05, 3.63) is 94.6 Å². The maximum atomic E-state index is 13.8. The van der Waals surface area contributed by atoms with E-state index in [2.05, 4.69) is 15.9 Å². The molecule has 0 aliphatic carbocycles. The van der Waals surface area contributed by atoms with Gasteiger partial charge in [-0.25, -0.2) is 4.68 Å². The van der Waals surface area contributed by atoms with E-state index in [1.54, 1.807) is 4.90 Å². The predicted octanol–water partition coefficient (Wildman–Crippen LogP) is 5.49. The molecule has 0 saturated carbocycles. The molecule has 1 saturated heterocycles. The van der Waals surface area contributed by atoms with Crippen LogP contribution >= 0.6 is 15.9 Å². The van der Waals surface area contributed by atoms with Gasteiger partial charge in [-0.1, -0.05) is 64.0 Å².